The Hall–Kier alpha value is -1.39. The number of alkyl halides is 3. The summed E-state index contributed by atoms with van der Waals surface area (Å²) in [6.07, 6.45) is -3.34. The Morgan fingerprint density at radius 3 is 2.80 bits per heavy atom. The number of morpholine rings is 1. The second-order valence-electron chi connectivity index (χ2n) is 6.06. The van der Waals surface area contributed by atoms with Crippen molar-refractivity contribution in [1.82, 2.24) is 20.1 Å². The number of ether oxygens (including phenoxy) is 1. The van der Waals surface area contributed by atoms with Gasteiger partial charge in [-0.05, 0) is 6.42 Å². The third-order valence-corrected chi connectivity index (χ3v) is 5.33. The molecule has 6 nitrogen and oxygen atoms in total. The number of guanidine groups is 1. The van der Waals surface area contributed by atoms with Crippen LogP contribution in [0.4, 0.5) is 13.2 Å². The predicted octanol–water partition coefficient (Wildman–Crippen LogP) is 1.64. The molecule has 0 radical (unpaired) electrons. The number of nitrogens with one attached hydrogen (secondary N) is 1. The molecule has 1 unspecified atom stereocenters. The molecule has 0 aromatic carbocycles. The fraction of sp³-hybridized carbons (Fsp3) is 0.733. The van der Waals surface area contributed by atoms with E-state index in [1.165, 1.54) is 0 Å². The van der Waals surface area contributed by atoms with Gasteiger partial charge in [0.25, 0.3) is 0 Å². The Morgan fingerprint density at radius 1 is 1.40 bits per heavy atom. The van der Waals surface area contributed by atoms with Gasteiger partial charge in [0.2, 0.25) is 0 Å². The quantitative estimate of drug-likeness (QED) is 0.641. The van der Waals surface area contributed by atoms with E-state index in [2.05, 4.69) is 25.1 Å². The minimum absolute atomic E-state index is 0.242. The zero-order valence-electron chi connectivity index (χ0n) is 14.1. The monoisotopic (exact) mass is 377 g/mol. The van der Waals surface area contributed by atoms with Crippen LogP contribution in [0.1, 0.15) is 17.1 Å². The smallest absolute Gasteiger partial charge is 0.379 e. The number of rotatable bonds is 3. The molecule has 0 spiro atoms. The number of likely N-dealkylation sites (tertiary alicyclic amines) is 1. The van der Waals surface area contributed by atoms with Crippen LogP contribution in [0.25, 0.3) is 0 Å². The Kier molecular flexibility index (Phi) is 5.80. The predicted molar refractivity (Wildman–Crippen MR) is 89.7 cm³/mol. The number of thiazole rings is 1. The summed E-state index contributed by atoms with van der Waals surface area (Å²) in [5.41, 5.74) is -0.835. The fourth-order valence-electron chi connectivity index (χ4n) is 3.18. The summed E-state index contributed by atoms with van der Waals surface area (Å²) in [5.74, 6) is 0.708. The summed E-state index contributed by atoms with van der Waals surface area (Å²) in [7, 11) is 1.69. The van der Waals surface area contributed by atoms with Crippen LogP contribution < -0.4 is 5.32 Å². The average molecular weight is 377 g/mol. The molecular weight excluding hydrogens is 355 g/mol. The number of halogens is 3. The molecule has 2 aliphatic rings. The maximum Gasteiger partial charge on any atom is 0.434 e. The molecule has 1 aromatic rings. The van der Waals surface area contributed by atoms with Crippen LogP contribution in [0.2, 0.25) is 0 Å². The fourth-order valence-corrected chi connectivity index (χ4v) is 3.92. The molecule has 0 bridgehead atoms. The normalized spacial score (nSPS) is 23.3. The highest BCUT2D eigenvalue weighted by molar-refractivity contribution is 7.09. The molecule has 140 valence electrons. The van der Waals surface area contributed by atoms with E-state index in [1.54, 1.807) is 7.05 Å². The molecule has 2 saturated heterocycles. The van der Waals surface area contributed by atoms with Crippen molar-refractivity contribution in [3.05, 3.63) is 16.1 Å². The van der Waals surface area contributed by atoms with E-state index in [-0.39, 0.29) is 6.54 Å². The van der Waals surface area contributed by atoms with Crippen LogP contribution in [0.5, 0.6) is 0 Å². The van der Waals surface area contributed by atoms with Gasteiger partial charge in [-0.2, -0.15) is 13.2 Å². The Labute approximate surface area is 148 Å². The first kappa shape index (κ1) is 18.4. The Morgan fingerprint density at radius 2 is 2.16 bits per heavy atom. The Bertz CT molecular complexity index is 600. The highest BCUT2D eigenvalue weighted by atomic mass is 32.1. The molecule has 1 atom stereocenters. The molecule has 1 N–H and O–H groups in total. The lowest BCUT2D eigenvalue weighted by Gasteiger charge is -2.32. The van der Waals surface area contributed by atoms with E-state index in [1.807, 2.05) is 0 Å². The summed E-state index contributed by atoms with van der Waals surface area (Å²) >= 11 is 1.01. The van der Waals surface area contributed by atoms with Gasteiger partial charge in [-0.15, -0.1) is 11.3 Å². The number of aromatic nitrogens is 1. The second-order valence-corrected chi connectivity index (χ2v) is 7.00. The molecule has 3 rings (SSSR count). The van der Waals surface area contributed by atoms with Gasteiger partial charge in [0.15, 0.2) is 11.7 Å². The van der Waals surface area contributed by atoms with Gasteiger partial charge in [-0.3, -0.25) is 9.89 Å². The minimum Gasteiger partial charge on any atom is -0.379 e. The van der Waals surface area contributed by atoms with Crippen molar-refractivity contribution in [2.45, 2.75) is 25.2 Å². The first-order valence-corrected chi connectivity index (χ1v) is 9.14. The largest absolute Gasteiger partial charge is 0.434 e. The van der Waals surface area contributed by atoms with E-state index in [0.717, 1.165) is 62.5 Å². The molecule has 2 aliphatic heterocycles. The third kappa shape index (κ3) is 4.62. The van der Waals surface area contributed by atoms with Gasteiger partial charge >= 0.3 is 6.18 Å². The first-order valence-electron chi connectivity index (χ1n) is 8.26. The van der Waals surface area contributed by atoms with Crippen LogP contribution in [-0.2, 0) is 17.5 Å². The van der Waals surface area contributed by atoms with E-state index in [0.29, 0.717) is 17.0 Å². The topological polar surface area (TPSA) is 53.0 Å². The molecule has 25 heavy (non-hydrogen) atoms. The van der Waals surface area contributed by atoms with Gasteiger partial charge in [0.05, 0.1) is 19.8 Å². The van der Waals surface area contributed by atoms with Crippen molar-refractivity contribution < 1.29 is 17.9 Å². The van der Waals surface area contributed by atoms with Crippen molar-refractivity contribution in [2.24, 2.45) is 4.99 Å². The Balaban J connectivity index is 1.52. The van der Waals surface area contributed by atoms with Crippen molar-refractivity contribution in [1.29, 1.82) is 0 Å². The lowest BCUT2D eigenvalue weighted by Crippen LogP contribution is -2.46. The standard InChI is InChI=1S/C15H22F3N5OS/c1-19-14(20-8-13-21-12(10-25-13)15(16,17)18)23-3-2-11(9-23)22-4-6-24-7-5-22/h10-11H,2-9H2,1H3,(H,19,20). The number of nitrogens with zero attached hydrogens (tertiary/aromatic N) is 4. The van der Waals surface area contributed by atoms with Crippen molar-refractivity contribution in [3.8, 4) is 0 Å². The lowest BCUT2D eigenvalue weighted by atomic mass is 10.2. The van der Waals surface area contributed by atoms with Crippen LogP contribution >= 0.6 is 11.3 Å². The zero-order chi connectivity index (χ0) is 17.9. The lowest BCUT2D eigenvalue weighted by molar-refractivity contribution is -0.140. The maximum atomic E-state index is 12.6. The van der Waals surface area contributed by atoms with Crippen molar-refractivity contribution >= 4 is 17.3 Å². The van der Waals surface area contributed by atoms with Gasteiger partial charge < -0.3 is 15.0 Å². The van der Waals surface area contributed by atoms with E-state index in [4.69, 9.17) is 4.74 Å². The molecule has 10 heteroatoms. The molecule has 0 saturated carbocycles. The summed E-state index contributed by atoms with van der Waals surface area (Å²) < 4.78 is 43.2. The summed E-state index contributed by atoms with van der Waals surface area (Å²) in [5, 5.41) is 4.58. The maximum absolute atomic E-state index is 12.6. The number of hydrogen-bond acceptors (Lipinski definition) is 5. The molecule has 2 fully saturated rings. The number of aliphatic imine (C=N–C) groups is 1. The van der Waals surface area contributed by atoms with Crippen molar-refractivity contribution in [3.63, 3.8) is 0 Å². The molecule has 1 aromatic heterocycles. The van der Waals surface area contributed by atoms with Crippen molar-refractivity contribution in [2.75, 3.05) is 46.4 Å². The molecule has 0 aliphatic carbocycles. The van der Waals surface area contributed by atoms with E-state index >= 15 is 0 Å². The average Bonchev–Trinajstić information content (AvgIpc) is 3.25. The first-order chi connectivity index (χ1) is 12.0. The third-order valence-electron chi connectivity index (χ3n) is 4.48. The summed E-state index contributed by atoms with van der Waals surface area (Å²) in [4.78, 5) is 12.5. The second kappa shape index (κ2) is 7.88. The van der Waals surface area contributed by atoms with E-state index < -0.39 is 11.9 Å². The zero-order valence-corrected chi connectivity index (χ0v) is 14.9. The van der Waals surface area contributed by atoms with Gasteiger partial charge in [0.1, 0.15) is 5.01 Å². The van der Waals surface area contributed by atoms with Crippen LogP contribution in [0.3, 0.4) is 0 Å². The van der Waals surface area contributed by atoms with Gasteiger partial charge in [0, 0.05) is 44.6 Å². The number of hydrogen-bond donors (Lipinski definition) is 1. The van der Waals surface area contributed by atoms with Crippen LogP contribution in [0.15, 0.2) is 10.4 Å². The highest BCUT2D eigenvalue weighted by Crippen LogP contribution is 2.30. The summed E-state index contributed by atoms with van der Waals surface area (Å²) in [6.45, 7) is 5.43. The molecule has 3 heterocycles. The van der Waals surface area contributed by atoms with Gasteiger partial charge in [-0.1, -0.05) is 0 Å². The highest BCUT2D eigenvalue weighted by Gasteiger charge is 2.34. The minimum atomic E-state index is -4.39. The SMILES string of the molecule is CN=C(NCc1nc(C(F)(F)F)cs1)N1CCC(N2CCOCC2)C1. The van der Waals surface area contributed by atoms with E-state index in [9.17, 15) is 13.2 Å². The van der Waals surface area contributed by atoms with Gasteiger partial charge in [-0.25, -0.2) is 4.98 Å². The summed E-state index contributed by atoms with van der Waals surface area (Å²) in [6, 6.07) is 0.471. The molecular formula is C15H22F3N5OS. The van der Waals surface area contributed by atoms with Crippen LogP contribution in [-0.4, -0.2) is 73.2 Å². The molecule has 0 amide bonds. The van der Waals surface area contributed by atoms with Crippen LogP contribution in [0, 0.1) is 0 Å².